The molecule has 194 valence electrons. The van der Waals surface area contributed by atoms with Gasteiger partial charge in [-0.05, 0) is 106 Å². The van der Waals surface area contributed by atoms with Crippen molar-refractivity contribution in [1.29, 1.82) is 0 Å². The second-order valence-corrected chi connectivity index (χ2v) is 12.9. The van der Waals surface area contributed by atoms with E-state index in [1.54, 1.807) is 0 Å². The molecule has 0 radical (unpaired) electrons. The van der Waals surface area contributed by atoms with Crippen molar-refractivity contribution in [3.63, 3.8) is 0 Å². The summed E-state index contributed by atoms with van der Waals surface area (Å²) in [5, 5.41) is 2.56. The number of amides is 2. The van der Waals surface area contributed by atoms with E-state index in [1.807, 2.05) is 34.6 Å². The number of carbonyl (C=O) groups excluding carboxylic acids is 1. The molecule has 2 amide bonds. The van der Waals surface area contributed by atoms with Crippen molar-refractivity contribution in [1.82, 2.24) is 4.72 Å². The normalized spacial score (nSPS) is 20.8. The minimum atomic E-state index is -4.18. The fraction of sp³-hybridized carbons (Fsp3) is 0.577. The summed E-state index contributed by atoms with van der Waals surface area (Å²) in [5.74, 6) is -0.0734. The third-order valence-corrected chi connectivity index (χ3v) is 9.41. The van der Waals surface area contributed by atoms with Crippen LogP contribution in [-0.2, 0) is 45.0 Å². The minimum Gasteiger partial charge on any atom is -0.451 e. The number of anilines is 1. The van der Waals surface area contributed by atoms with Gasteiger partial charge in [-0.3, -0.25) is 0 Å². The highest BCUT2D eigenvalue weighted by Gasteiger charge is 2.51. The fourth-order valence-electron chi connectivity index (χ4n) is 5.49. The van der Waals surface area contributed by atoms with Gasteiger partial charge in [-0.2, -0.15) is 8.42 Å². The SMILES string of the molecule is CC(CB1OC(C)(C)C(C)(C)O1)c1coc(S(=O)(=O)NC(=O)Nc2c3c(cc4c2CCC4)CCC3)c1. The predicted octanol–water partition coefficient (Wildman–Crippen LogP) is 4.96. The van der Waals surface area contributed by atoms with Crippen LogP contribution in [-0.4, -0.2) is 32.8 Å². The molecule has 1 aromatic heterocycles. The van der Waals surface area contributed by atoms with E-state index in [9.17, 15) is 13.2 Å². The summed E-state index contributed by atoms with van der Waals surface area (Å²) in [6, 6.07) is 2.95. The van der Waals surface area contributed by atoms with Crippen molar-refractivity contribution in [2.24, 2.45) is 0 Å². The van der Waals surface area contributed by atoms with E-state index in [4.69, 9.17) is 13.7 Å². The van der Waals surface area contributed by atoms with Gasteiger partial charge in [0.05, 0.1) is 17.5 Å². The van der Waals surface area contributed by atoms with Gasteiger partial charge in [0.15, 0.2) is 0 Å². The molecule has 0 bridgehead atoms. The highest BCUT2D eigenvalue weighted by Crippen LogP contribution is 2.40. The van der Waals surface area contributed by atoms with E-state index in [0.29, 0.717) is 11.9 Å². The number of rotatable bonds is 6. The molecular weight excluding hydrogens is 479 g/mol. The lowest BCUT2D eigenvalue weighted by atomic mass is 9.76. The number of sulfonamides is 1. The Kier molecular flexibility index (Phi) is 6.28. The van der Waals surface area contributed by atoms with Crippen LogP contribution in [0, 0.1) is 0 Å². The Bertz CT molecular complexity index is 1250. The van der Waals surface area contributed by atoms with Crippen LogP contribution in [0.4, 0.5) is 10.5 Å². The first-order valence-electron chi connectivity index (χ1n) is 12.8. The van der Waals surface area contributed by atoms with E-state index in [1.165, 1.54) is 23.5 Å². The molecule has 1 atom stereocenters. The van der Waals surface area contributed by atoms with Crippen molar-refractivity contribution in [2.45, 2.75) is 102 Å². The fourth-order valence-corrected chi connectivity index (χ4v) is 6.36. The maximum atomic E-state index is 12.9. The van der Waals surface area contributed by atoms with Gasteiger partial charge >= 0.3 is 13.1 Å². The molecule has 2 heterocycles. The largest absolute Gasteiger partial charge is 0.458 e. The van der Waals surface area contributed by atoms with Crippen LogP contribution >= 0.6 is 0 Å². The first-order chi connectivity index (χ1) is 16.9. The van der Waals surface area contributed by atoms with Gasteiger partial charge in [0, 0.05) is 11.8 Å². The highest BCUT2D eigenvalue weighted by atomic mass is 32.2. The molecule has 2 N–H and O–H groups in total. The van der Waals surface area contributed by atoms with Crippen molar-refractivity contribution in [3.05, 3.63) is 46.2 Å². The van der Waals surface area contributed by atoms with E-state index in [-0.39, 0.29) is 11.0 Å². The maximum absolute atomic E-state index is 12.9. The van der Waals surface area contributed by atoms with Gasteiger partial charge in [0.2, 0.25) is 5.09 Å². The summed E-state index contributed by atoms with van der Waals surface area (Å²) < 4.78 is 45.5. The van der Waals surface area contributed by atoms with E-state index >= 15 is 0 Å². The smallest absolute Gasteiger partial charge is 0.451 e. The van der Waals surface area contributed by atoms with Crippen molar-refractivity contribution >= 4 is 28.9 Å². The molecule has 1 aliphatic heterocycles. The second-order valence-electron chi connectivity index (χ2n) is 11.3. The van der Waals surface area contributed by atoms with Crippen LogP contribution in [0.5, 0.6) is 0 Å². The van der Waals surface area contributed by atoms with Gasteiger partial charge in [-0.15, -0.1) is 0 Å². The number of aryl methyl sites for hydroxylation is 2. The summed E-state index contributed by atoms with van der Waals surface area (Å²) in [7, 11) is -4.58. The highest BCUT2D eigenvalue weighted by molar-refractivity contribution is 7.89. The van der Waals surface area contributed by atoms with Gasteiger partial charge in [-0.1, -0.05) is 13.0 Å². The number of hydrogen-bond acceptors (Lipinski definition) is 6. The Morgan fingerprint density at radius 3 is 2.17 bits per heavy atom. The Morgan fingerprint density at radius 2 is 1.58 bits per heavy atom. The van der Waals surface area contributed by atoms with Crippen LogP contribution in [0.2, 0.25) is 6.32 Å². The second kappa shape index (κ2) is 8.92. The molecule has 0 saturated carbocycles. The molecule has 1 saturated heterocycles. The van der Waals surface area contributed by atoms with E-state index in [0.717, 1.165) is 55.3 Å². The zero-order valence-electron chi connectivity index (χ0n) is 21.7. The Labute approximate surface area is 213 Å². The van der Waals surface area contributed by atoms with E-state index in [2.05, 4.69) is 16.1 Å². The molecule has 2 aromatic rings. The summed E-state index contributed by atoms with van der Waals surface area (Å²) in [6.07, 6.45) is 7.84. The van der Waals surface area contributed by atoms with Gasteiger partial charge in [0.25, 0.3) is 10.0 Å². The molecule has 2 aliphatic carbocycles. The molecule has 8 nitrogen and oxygen atoms in total. The molecule has 36 heavy (non-hydrogen) atoms. The first-order valence-corrected chi connectivity index (χ1v) is 14.3. The van der Waals surface area contributed by atoms with Crippen molar-refractivity contribution in [3.8, 4) is 0 Å². The number of benzene rings is 1. The van der Waals surface area contributed by atoms with Crippen molar-refractivity contribution in [2.75, 3.05) is 5.32 Å². The van der Waals surface area contributed by atoms with Crippen LogP contribution in [0.3, 0.4) is 0 Å². The molecule has 5 rings (SSSR count). The monoisotopic (exact) mass is 514 g/mol. The number of urea groups is 1. The Hall–Kier alpha value is -2.30. The number of nitrogens with one attached hydrogen (secondary N) is 2. The van der Waals surface area contributed by atoms with Gasteiger partial charge < -0.3 is 19.0 Å². The third kappa shape index (κ3) is 4.59. The average Bonchev–Trinajstić information content (AvgIpc) is 3.54. The minimum absolute atomic E-state index is 0.0734. The topological polar surface area (TPSA) is 107 Å². The molecule has 3 aliphatic rings. The molecule has 0 spiro atoms. The van der Waals surface area contributed by atoms with Crippen LogP contribution in [0.15, 0.2) is 27.9 Å². The standard InChI is InChI=1S/C26H35BN2O6S/c1-16(14-27-34-25(2,3)26(4,5)35-27)19-13-22(33-15-19)36(31,32)29-24(30)28-23-20-10-6-8-17(20)12-18-9-7-11-21(18)23/h12-13,15-16H,6-11,14H2,1-5H3,(H2,28,29,30). The lowest BCUT2D eigenvalue weighted by Gasteiger charge is -2.32. The number of furan rings is 1. The van der Waals surface area contributed by atoms with E-state index < -0.39 is 34.4 Å². The zero-order valence-corrected chi connectivity index (χ0v) is 22.5. The Morgan fingerprint density at radius 1 is 1.00 bits per heavy atom. The van der Waals surface area contributed by atoms with Crippen LogP contribution in [0.1, 0.15) is 81.2 Å². The third-order valence-electron chi connectivity index (χ3n) is 8.22. The quantitative estimate of drug-likeness (QED) is 0.528. The lowest BCUT2D eigenvalue weighted by Crippen LogP contribution is -2.41. The number of carbonyl (C=O) groups is 1. The summed E-state index contributed by atoms with van der Waals surface area (Å²) in [4.78, 5) is 12.8. The number of hydrogen-bond donors (Lipinski definition) is 2. The molecular formula is C26H35BN2O6S. The van der Waals surface area contributed by atoms with Crippen LogP contribution < -0.4 is 10.0 Å². The summed E-state index contributed by atoms with van der Waals surface area (Å²) in [6.45, 7) is 9.94. The average molecular weight is 514 g/mol. The van der Waals surface area contributed by atoms with Gasteiger partial charge in [-0.25, -0.2) is 9.52 Å². The van der Waals surface area contributed by atoms with Crippen molar-refractivity contribution < 1.29 is 26.9 Å². The molecule has 1 fully saturated rings. The number of fused-ring (bicyclic) bond motifs is 2. The predicted molar refractivity (Wildman–Crippen MR) is 138 cm³/mol. The van der Waals surface area contributed by atoms with Gasteiger partial charge in [0.1, 0.15) is 0 Å². The lowest BCUT2D eigenvalue weighted by molar-refractivity contribution is 0.00578. The van der Waals surface area contributed by atoms with Crippen LogP contribution in [0.25, 0.3) is 0 Å². The summed E-state index contributed by atoms with van der Waals surface area (Å²) in [5.41, 5.74) is 5.43. The molecule has 1 aromatic carbocycles. The molecule has 1 unspecified atom stereocenters. The Balaban J connectivity index is 1.26. The molecule has 10 heteroatoms. The first kappa shape index (κ1) is 25.4. The maximum Gasteiger partial charge on any atom is 0.458 e. The zero-order chi connectivity index (χ0) is 25.9. The summed E-state index contributed by atoms with van der Waals surface area (Å²) >= 11 is 0.